The Morgan fingerprint density at radius 2 is 1.45 bits per heavy atom. The molecule has 1 atom stereocenters. The molecule has 3 aromatic carbocycles. The molecule has 31 heavy (non-hydrogen) atoms. The van der Waals surface area contributed by atoms with Crippen LogP contribution in [-0.2, 0) is 22.4 Å². The van der Waals surface area contributed by atoms with Crippen LogP contribution in [0.15, 0.2) is 84.4 Å². The van der Waals surface area contributed by atoms with Gasteiger partial charge in [-0.2, -0.15) is 0 Å². The van der Waals surface area contributed by atoms with E-state index in [-0.39, 0.29) is 11.3 Å². The van der Waals surface area contributed by atoms with Gasteiger partial charge in [-0.3, -0.25) is 14.5 Å². The number of rotatable bonds is 3. The number of amides is 1. The molecule has 3 aromatic rings. The predicted molar refractivity (Wildman–Crippen MR) is 121 cm³/mol. The number of nitrogens with zero attached hydrogens (tertiary/aromatic N) is 1. The molecule has 5 rings (SSSR count). The van der Waals surface area contributed by atoms with Gasteiger partial charge >= 0.3 is 0 Å². The van der Waals surface area contributed by atoms with Crippen molar-refractivity contribution in [2.24, 2.45) is 0 Å². The van der Waals surface area contributed by atoms with E-state index >= 15 is 0 Å². The van der Waals surface area contributed by atoms with Crippen molar-refractivity contribution in [3.63, 3.8) is 0 Å². The summed E-state index contributed by atoms with van der Waals surface area (Å²) in [5.41, 5.74) is 4.65. The highest BCUT2D eigenvalue weighted by molar-refractivity contribution is 6.51. The number of ketones is 1. The third-order valence-electron chi connectivity index (χ3n) is 6.22. The summed E-state index contributed by atoms with van der Waals surface area (Å²) in [6.07, 6.45) is 4.31. The molecule has 4 heteroatoms. The van der Waals surface area contributed by atoms with Crippen LogP contribution in [0.3, 0.4) is 0 Å². The minimum atomic E-state index is -0.681. The van der Waals surface area contributed by atoms with E-state index in [0.29, 0.717) is 11.3 Å². The average molecular weight is 409 g/mol. The van der Waals surface area contributed by atoms with Crippen molar-refractivity contribution in [2.45, 2.75) is 31.7 Å². The zero-order chi connectivity index (χ0) is 21.4. The molecular weight excluding hydrogens is 386 g/mol. The summed E-state index contributed by atoms with van der Waals surface area (Å²) < 4.78 is 0. The number of benzene rings is 3. The van der Waals surface area contributed by atoms with E-state index in [4.69, 9.17) is 0 Å². The molecule has 4 nitrogen and oxygen atoms in total. The number of aryl methyl sites for hydroxylation is 2. The Kier molecular flexibility index (Phi) is 4.91. The largest absolute Gasteiger partial charge is 0.507 e. The summed E-state index contributed by atoms with van der Waals surface area (Å²) in [5, 5.41) is 11.3. The Hall–Kier alpha value is -3.66. The van der Waals surface area contributed by atoms with Crippen molar-refractivity contribution in [3.05, 3.63) is 107 Å². The van der Waals surface area contributed by atoms with E-state index in [2.05, 4.69) is 0 Å². The minimum absolute atomic E-state index is 0.112. The van der Waals surface area contributed by atoms with Gasteiger partial charge in [0.25, 0.3) is 11.7 Å². The van der Waals surface area contributed by atoms with Crippen molar-refractivity contribution in [1.82, 2.24) is 0 Å². The van der Waals surface area contributed by atoms with Crippen molar-refractivity contribution in [3.8, 4) is 0 Å². The standard InChI is InChI=1S/C27H23NO3/c29-25(21-16-15-18-9-7-8-12-20(18)17-21)23-24(19-10-3-1-4-11-19)28(27(31)26(23)30)22-13-5-2-6-14-22/h1-6,10-11,13-17,24,29H,7-9,12H2/b25-23-. The molecule has 1 N–H and O–H groups in total. The Balaban J connectivity index is 1.69. The average Bonchev–Trinajstić information content (AvgIpc) is 3.10. The molecule has 1 aliphatic heterocycles. The Labute approximate surface area is 181 Å². The number of fused-ring (bicyclic) bond motifs is 1. The van der Waals surface area contributed by atoms with Crippen LogP contribution in [0.5, 0.6) is 0 Å². The second-order valence-electron chi connectivity index (χ2n) is 8.11. The summed E-state index contributed by atoms with van der Waals surface area (Å²) in [6.45, 7) is 0. The highest BCUT2D eigenvalue weighted by atomic mass is 16.3. The first kappa shape index (κ1) is 19.3. The topological polar surface area (TPSA) is 57.6 Å². The SMILES string of the molecule is O=C1C(=O)N(c2ccccc2)C(c2ccccc2)/C1=C(/O)c1ccc2c(c1)CCCC2. The van der Waals surface area contributed by atoms with Crippen molar-refractivity contribution >= 4 is 23.1 Å². The molecule has 1 saturated heterocycles. The lowest BCUT2D eigenvalue weighted by Gasteiger charge is -2.25. The van der Waals surface area contributed by atoms with Crippen LogP contribution in [-0.4, -0.2) is 16.8 Å². The van der Waals surface area contributed by atoms with Crippen LogP contribution in [0.4, 0.5) is 5.69 Å². The van der Waals surface area contributed by atoms with E-state index in [0.717, 1.165) is 24.8 Å². The molecule has 0 bridgehead atoms. The number of aliphatic hydroxyl groups excluding tert-OH is 1. The number of Topliss-reactive ketones (excluding diaryl/α,β-unsaturated/α-hetero) is 1. The lowest BCUT2D eigenvalue weighted by molar-refractivity contribution is -0.132. The van der Waals surface area contributed by atoms with Gasteiger partial charge in [-0.05, 0) is 60.6 Å². The summed E-state index contributed by atoms with van der Waals surface area (Å²) >= 11 is 0. The van der Waals surface area contributed by atoms with E-state index in [9.17, 15) is 14.7 Å². The number of anilines is 1. The molecule has 0 aromatic heterocycles. The first-order valence-corrected chi connectivity index (χ1v) is 10.7. The zero-order valence-corrected chi connectivity index (χ0v) is 17.1. The highest BCUT2D eigenvalue weighted by Crippen LogP contribution is 2.42. The van der Waals surface area contributed by atoms with E-state index in [1.807, 2.05) is 66.7 Å². The number of hydrogen-bond acceptors (Lipinski definition) is 3. The number of para-hydroxylation sites is 1. The smallest absolute Gasteiger partial charge is 0.300 e. The van der Waals surface area contributed by atoms with Gasteiger partial charge in [0.1, 0.15) is 5.76 Å². The van der Waals surface area contributed by atoms with Crippen LogP contribution in [0.25, 0.3) is 5.76 Å². The lowest BCUT2D eigenvalue weighted by atomic mass is 9.88. The van der Waals surface area contributed by atoms with Gasteiger partial charge in [-0.25, -0.2) is 0 Å². The monoisotopic (exact) mass is 409 g/mol. The van der Waals surface area contributed by atoms with E-state index < -0.39 is 17.7 Å². The highest BCUT2D eigenvalue weighted by Gasteiger charge is 2.46. The number of hydrogen-bond donors (Lipinski definition) is 1. The summed E-state index contributed by atoms with van der Waals surface area (Å²) in [7, 11) is 0. The van der Waals surface area contributed by atoms with Gasteiger partial charge in [-0.15, -0.1) is 0 Å². The molecular formula is C27H23NO3. The molecule has 1 heterocycles. The molecule has 1 fully saturated rings. The van der Waals surface area contributed by atoms with E-state index in [1.165, 1.54) is 22.4 Å². The summed E-state index contributed by atoms with van der Waals surface area (Å²) in [5.74, 6) is -1.40. The van der Waals surface area contributed by atoms with Crippen molar-refractivity contribution < 1.29 is 14.7 Å². The van der Waals surface area contributed by atoms with Gasteiger partial charge in [0, 0.05) is 11.3 Å². The van der Waals surface area contributed by atoms with Gasteiger partial charge in [0.2, 0.25) is 0 Å². The Morgan fingerprint density at radius 3 is 2.16 bits per heavy atom. The normalized spacial score (nSPS) is 20.0. The van der Waals surface area contributed by atoms with Crippen LogP contribution >= 0.6 is 0 Å². The quantitative estimate of drug-likeness (QED) is 0.368. The fourth-order valence-corrected chi connectivity index (χ4v) is 4.67. The maximum absolute atomic E-state index is 13.2. The van der Waals surface area contributed by atoms with Crippen LogP contribution in [0, 0.1) is 0 Å². The molecule has 1 amide bonds. The Bertz CT molecular complexity index is 1180. The van der Waals surface area contributed by atoms with Gasteiger partial charge in [0.15, 0.2) is 0 Å². The lowest BCUT2D eigenvalue weighted by Crippen LogP contribution is -2.29. The molecule has 1 unspecified atom stereocenters. The number of carbonyl (C=O) groups excluding carboxylic acids is 2. The van der Waals surface area contributed by atoms with Gasteiger partial charge in [-0.1, -0.05) is 60.7 Å². The molecule has 1 aliphatic carbocycles. The van der Waals surface area contributed by atoms with Crippen molar-refractivity contribution in [2.75, 3.05) is 4.90 Å². The van der Waals surface area contributed by atoms with Crippen LogP contribution in [0.1, 0.15) is 41.1 Å². The molecule has 0 saturated carbocycles. The first-order chi connectivity index (χ1) is 15.1. The maximum Gasteiger partial charge on any atom is 0.300 e. The maximum atomic E-state index is 13.2. The van der Waals surface area contributed by atoms with Crippen LogP contribution < -0.4 is 4.90 Å². The van der Waals surface area contributed by atoms with Crippen molar-refractivity contribution in [1.29, 1.82) is 0 Å². The molecule has 0 spiro atoms. The third kappa shape index (κ3) is 3.34. The fraction of sp³-hybridized carbons (Fsp3) is 0.185. The molecule has 2 aliphatic rings. The first-order valence-electron chi connectivity index (χ1n) is 10.7. The minimum Gasteiger partial charge on any atom is -0.507 e. The van der Waals surface area contributed by atoms with Crippen LogP contribution in [0.2, 0.25) is 0 Å². The second-order valence-corrected chi connectivity index (χ2v) is 8.11. The number of carbonyl (C=O) groups is 2. The van der Waals surface area contributed by atoms with Gasteiger partial charge in [0.05, 0.1) is 11.6 Å². The summed E-state index contributed by atoms with van der Waals surface area (Å²) in [4.78, 5) is 27.8. The zero-order valence-electron chi connectivity index (χ0n) is 17.1. The summed E-state index contributed by atoms with van der Waals surface area (Å²) in [6, 6.07) is 23.7. The number of aliphatic hydroxyl groups is 1. The molecule has 154 valence electrons. The van der Waals surface area contributed by atoms with E-state index in [1.54, 1.807) is 12.1 Å². The molecule has 0 radical (unpaired) electrons. The third-order valence-corrected chi connectivity index (χ3v) is 6.22. The fourth-order valence-electron chi connectivity index (χ4n) is 4.67. The Morgan fingerprint density at radius 1 is 0.806 bits per heavy atom. The predicted octanol–water partition coefficient (Wildman–Crippen LogP) is 5.19. The second kappa shape index (κ2) is 7.88. The van der Waals surface area contributed by atoms with Gasteiger partial charge < -0.3 is 5.11 Å².